The third-order valence-electron chi connectivity index (χ3n) is 18.5. The molecule has 16 rings (SSSR count). The molecule has 6 heterocycles. The summed E-state index contributed by atoms with van der Waals surface area (Å²) in [5.41, 5.74) is 17.8. The van der Waals surface area contributed by atoms with Crippen molar-refractivity contribution in [2.24, 2.45) is 0 Å². The lowest BCUT2D eigenvalue weighted by molar-refractivity contribution is 0.431. The largest absolute Gasteiger partial charge is 0.458 e. The Kier molecular flexibility index (Phi) is 9.42. The monoisotopic (exact) mass is 944 g/mol. The van der Waals surface area contributed by atoms with Crippen LogP contribution in [0.4, 0.5) is 0 Å². The maximum absolute atomic E-state index is 7.39. The highest BCUT2D eigenvalue weighted by Gasteiger charge is 2.49. The molecule has 6 aliphatic heterocycles. The summed E-state index contributed by atoms with van der Waals surface area (Å²) in [5.74, 6) is 11.0. The molecule has 5 nitrogen and oxygen atoms in total. The Morgan fingerprint density at radius 3 is 1.18 bits per heavy atom. The summed E-state index contributed by atoms with van der Waals surface area (Å²) in [6.45, 7) is -0.127. The van der Waals surface area contributed by atoms with E-state index in [1.54, 1.807) is 0 Å². The van der Waals surface area contributed by atoms with Crippen LogP contribution < -0.4 is 72.8 Å². The Morgan fingerprint density at radius 1 is 0.338 bits per heavy atom. The second-order valence-electron chi connectivity index (χ2n) is 22.3. The molecule has 3 fully saturated rings. The van der Waals surface area contributed by atoms with E-state index in [0.717, 1.165) is 68.4 Å². The van der Waals surface area contributed by atoms with Crippen LogP contribution >= 0.6 is 11.8 Å². The number of rotatable bonds is 4. The first kappa shape index (κ1) is 41.7. The molecule has 9 aliphatic rings. The summed E-state index contributed by atoms with van der Waals surface area (Å²) in [6.07, 6.45) is 21.3. The molecule has 1 unspecified atom stereocenters. The molecule has 0 bridgehead atoms. The van der Waals surface area contributed by atoms with E-state index in [1.165, 1.54) is 162 Å². The molecular formula is C62H55B3O5S. The van der Waals surface area contributed by atoms with Crippen molar-refractivity contribution in [2.45, 2.75) is 119 Å². The molecule has 0 spiro atoms. The third kappa shape index (κ3) is 6.30. The molecule has 348 valence electrons. The quantitative estimate of drug-likeness (QED) is 0.164. The van der Waals surface area contributed by atoms with E-state index in [-0.39, 0.29) is 25.4 Å². The van der Waals surface area contributed by atoms with Gasteiger partial charge in [0.05, 0.1) is 5.25 Å². The van der Waals surface area contributed by atoms with Crippen LogP contribution in [-0.4, -0.2) is 26.4 Å². The first-order chi connectivity index (χ1) is 35.1. The lowest BCUT2D eigenvalue weighted by Crippen LogP contribution is -2.64. The van der Waals surface area contributed by atoms with Crippen LogP contribution in [0.25, 0.3) is 0 Å². The lowest BCUT2D eigenvalue weighted by atomic mass is 9.29. The molecule has 0 N–H and O–H groups in total. The fraction of sp³-hybridized carbons (Fsp3) is 0.323. The zero-order chi connectivity index (χ0) is 46.5. The van der Waals surface area contributed by atoms with Crippen molar-refractivity contribution in [1.82, 2.24) is 0 Å². The zero-order valence-corrected chi connectivity index (χ0v) is 41.3. The standard InChI is InChI=1S/C62H55B3O5S/c1-71-62-41-31-51-46(63-43-21-11-13-23-49(43)66-55-27-39(29-57(68-51)60(55)63)36-17-7-3-8-18-36)32-45(41)65-48-33-47-52(34-53(48)69-54-26-38(25-42(62)59(54)65)35-15-5-2-6-16-35)70-58-30-40(37-19-9-4-10-20-37)28-56-61(58)64(47)44-22-12-14-24-50(44)67-56/h11-14,21-37,62H,2-10,15-20H2,1H3. The van der Waals surface area contributed by atoms with Crippen LogP contribution in [0, 0.1) is 0 Å². The lowest BCUT2D eigenvalue weighted by Gasteiger charge is -2.41. The Labute approximate surface area is 422 Å². The molecule has 0 radical (unpaired) electrons. The Balaban J connectivity index is 0.907. The van der Waals surface area contributed by atoms with Gasteiger partial charge < -0.3 is 23.7 Å². The highest BCUT2D eigenvalue weighted by molar-refractivity contribution is 7.99. The first-order valence-corrected chi connectivity index (χ1v) is 28.4. The summed E-state index contributed by atoms with van der Waals surface area (Å²) in [5, 5.41) is 0.112. The van der Waals surface area contributed by atoms with Gasteiger partial charge in [-0.15, -0.1) is 0 Å². The Hall–Kier alpha value is -5.92. The van der Waals surface area contributed by atoms with Crippen molar-refractivity contribution in [3.8, 4) is 57.5 Å². The molecule has 9 heteroatoms. The Morgan fingerprint density at radius 2 is 0.718 bits per heavy atom. The van der Waals surface area contributed by atoms with E-state index in [9.17, 15) is 0 Å². The number of fused-ring (bicyclic) bond motifs is 12. The van der Waals surface area contributed by atoms with Crippen molar-refractivity contribution in [3.63, 3.8) is 0 Å². The highest BCUT2D eigenvalue weighted by Crippen LogP contribution is 2.48. The van der Waals surface area contributed by atoms with Gasteiger partial charge in [-0.1, -0.05) is 118 Å². The van der Waals surface area contributed by atoms with Gasteiger partial charge in [0.15, 0.2) is 0 Å². The van der Waals surface area contributed by atoms with Gasteiger partial charge in [0.25, 0.3) is 20.1 Å². The van der Waals surface area contributed by atoms with Crippen LogP contribution in [0.15, 0.2) is 109 Å². The van der Waals surface area contributed by atoms with Gasteiger partial charge >= 0.3 is 0 Å². The average molecular weight is 945 g/mol. The smallest absolute Gasteiger partial charge is 0.260 e. The molecule has 3 aliphatic carbocycles. The van der Waals surface area contributed by atoms with Gasteiger partial charge in [0.1, 0.15) is 57.5 Å². The molecule has 0 aromatic heterocycles. The normalized spacial score (nSPS) is 19.8. The number of hydrogen-bond donors (Lipinski definition) is 0. The van der Waals surface area contributed by atoms with Crippen LogP contribution in [0.2, 0.25) is 0 Å². The van der Waals surface area contributed by atoms with Gasteiger partial charge in [-0.05, 0) is 172 Å². The van der Waals surface area contributed by atoms with Crippen molar-refractivity contribution in [1.29, 1.82) is 0 Å². The summed E-state index contributed by atoms with van der Waals surface area (Å²) in [6, 6.07) is 41.5. The fourth-order valence-electron chi connectivity index (χ4n) is 15.2. The van der Waals surface area contributed by atoms with E-state index < -0.39 is 0 Å². The highest BCUT2D eigenvalue weighted by atomic mass is 32.2. The first-order valence-electron chi connectivity index (χ1n) is 27.1. The minimum atomic E-state index is -0.0626. The predicted octanol–water partition coefficient (Wildman–Crippen LogP) is 10.7. The SMILES string of the molecule is CSC1c2cc3c(cc2B2c4cc5c(cc4Oc4cc(C6CCCCC6)cc1c42)Oc1cc(C2CCCCC2)cc2c1B5c1ccccc1O2)B1c2ccccc2Oc2cc(C4CCCCC4)cc(c21)O3. The number of thioether (sulfide) groups is 1. The van der Waals surface area contributed by atoms with Gasteiger partial charge in [-0.2, -0.15) is 11.8 Å². The summed E-state index contributed by atoms with van der Waals surface area (Å²) in [7, 11) is 0. The minimum absolute atomic E-state index is 0.0231. The summed E-state index contributed by atoms with van der Waals surface area (Å²) in [4.78, 5) is 0. The topological polar surface area (TPSA) is 46.2 Å². The van der Waals surface area contributed by atoms with E-state index >= 15 is 0 Å². The maximum atomic E-state index is 7.39. The second-order valence-corrected chi connectivity index (χ2v) is 23.3. The molecule has 7 aromatic rings. The van der Waals surface area contributed by atoms with Crippen molar-refractivity contribution >= 4 is 81.1 Å². The van der Waals surface area contributed by atoms with Crippen LogP contribution in [-0.2, 0) is 0 Å². The molecule has 0 saturated heterocycles. The number of ether oxygens (including phenoxy) is 5. The summed E-state index contributed by atoms with van der Waals surface area (Å²) >= 11 is 1.95. The third-order valence-corrected chi connectivity index (χ3v) is 19.5. The predicted molar refractivity (Wildman–Crippen MR) is 292 cm³/mol. The van der Waals surface area contributed by atoms with Crippen molar-refractivity contribution < 1.29 is 23.7 Å². The van der Waals surface area contributed by atoms with Crippen molar-refractivity contribution in [3.05, 3.63) is 137 Å². The fourth-order valence-corrected chi connectivity index (χ4v) is 16.1. The minimum Gasteiger partial charge on any atom is -0.458 e. The van der Waals surface area contributed by atoms with Gasteiger partial charge in [-0.25, -0.2) is 0 Å². The average Bonchev–Trinajstić information content (AvgIpc) is 3.42. The number of hydrogen-bond acceptors (Lipinski definition) is 6. The molecule has 3 saturated carbocycles. The zero-order valence-electron chi connectivity index (χ0n) is 40.5. The van der Waals surface area contributed by atoms with Crippen molar-refractivity contribution in [2.75, 3.05) is 6.26 Å². The van der Waals surface area contributed by atoms with E-state index in [2.05, 4.69) is 115 Å². The van der Waals surface area contributed by atoms with E-state index in [1.807, 2.05) is 11.8 Å². The van der Waals surface area contributed by atoms with Gasteiger partial charge in [0.2, 0.25) is 0 Å². The van der Waals surface area contributed by atoms with Gasteiger partial charge in [-0.3, -0.25) is 0 Å². The number of para-hydroxylation sites is 2. The second kappa shape index (κ2) is 16.0. The molecular weight excluding hydrogens is 889 g/mol. The van der Waals surface area contributed by atoms with E-state index in [4.69, 9.17) is 23.7 Å². The van der Waals surface area contributed by atoms with Crippen LogP contribution in [0.1, 0.15) is 147 Å². The van der Waals surface area contributed by atoms with Crippen LogP contribution in [0.3, 0.4) is 0 Å². The van der Waals surface area contributed by atoms with Gasteiger partial charge in [0, 0.05) is 17.0 Å². The molecule has 7 aromatic carbocycles. The molecule has 71 heavy (non-hydrogen) atoms. The summed E-state index contributed by atoms with van der Waals surface area (Å²) < 4.78 is 35.7. The van der Waals surface area contributed by atoms with Crippen LogP contribution in [0.5, 0.6) is 57.5 Å². The Bertz CT molecular complexity index is 3410. The maximum Gasteiger partial charge on any atom is 0.260 e. The molecule has 0 amide bonds. The number of benzene rings is 7. The van der Waals surface area contributed by atoms with E-state index in [0.29, 0.717) is 17.8 Å². The molecule has 1 atom stereocenters.